The van der Waals surface area contributed by atoms with E-state index in [1.54, 1.807) is 6.08 Å². The number of carbonyl (C=O) groups is 1. The van der Waals surface area contributed by atoms with Gasteiger partial charge in [-0.1, -0.05) is 29.8 Å². The molecule has 0 aliphatic heterocycles. The van der Waals surface area contributed by atoms with E-state index in [-0.39, 0.29) is 6.03 Å². The number of benzene rings is 1. The van der Waals surface area contributed by atoms with E-state index in [1.165, 1.54) is 0 Å². The maximum Gasteiger partial charge on any atom is 0.319 e. The Morgan fingerprint density at radius 1 is 1.41 bits per heavy atom. The maximum absolute atomic E-state index is 12.0. The summed E-state index contributed by atoms with van der Waals surface area (Å²) >= 11 is 5.93. The van der Waals surface area contributed by atoms with Crippen molar-refractivity contribution < 1.29 is 4.79 Å². The molecule has 5 nitrogen and oxygen atoms in total. The van der Waals surface area contributed by atoms with E-state index in [0.717, 1.165) is 35.5 Å². The van der Waals surface area contributed by atoms with Crippen molar-refractivity contribution >= 4 is 23.3 Å². The first-order chi connectivity index (χ1) is 10.7. The zero-order valence-electron chi connectivity index (χ0n) is 12.0. The number of carbonyl (C=O) groups excluding carboxylic acids is 1. The van der Waals surface area contributed by atoms with E-state index in [1.807, 2.05) is 24.3 Å². The van der Waals surface area contributed by atoms with Crippen molar-refractivity contribution in [2.75, 3.05) is 11.9 Å². The molecule has 6 heteroatoms. The molecule has 0 spiro atoms. The van der Waals surface area contributed by atoms with Crippen LogP contribution in [0.5, 0.6) is 0 Å². The summed E-state index contributed by atoms with van der Waals surface area (Å²) in [6.07, 6.45) is 3.87. The van der Waals surface area contributed by atoms with Gasteiger partial charge in [-0.15, -0.1) is 6.58 Å². The molecule has 0 saturated heterocycles. The van der Waals surface area contributed by atoms with Crippen LogP contribution in [-0.4, -0.2) is 22.8 Å². The molecule has 2 amide bonds. The molecule has 3 rings (SSSR count). The van der Waals surface area contributed by atoms with Crippen LogP contribution in [0, 0.1) is 0 Å². The number of halogens is 1. The minimum atomic E-state index is -0.265. The number of H-pyrrole nitrogens is 1. The molecule has 0 bridgehead atoms. The first-order valence-electron chi connectivity index (χ1n) is 7.19. The summed E-state index contributed by atoms with van der Waals surface area (Å²) in [5, 5.41) is 13.7. The number of amides is 2. The number of urea groups is 1. The van der Waals surface area contributed by atoms with E-state index in [4.69, 9.17) is 11.6 Å². The highest BCUT2D eigenvalue weighted by atomic mass is 35.5. The van der Waals surface area contributed by atoms with E-state index in [0.29, 0.717) is 17.5 Å². The van der Waals surface area contributed by atoms with Crippen molar-refractivity contribution in [2.45, 2.75) is 18.8 Å². The fourth-order valence-corrected chi connectivity index (χ4v) is 2.41. The molecule has 1 aromatic heterocycles. The van der Waals surface area contributed by atoms with Gasteiger partial charge in [-0.05, 0) is 25.0 Å². The second kappa shape index (κ2) is 6.23. The topological polar surface area (TPSA) is 69.8 Å². The predicted octanol–water partition coefficient (Wildman–Crippen LogP) is 3.92. The lowest BCUT2D eigenvalue weighted by Gasteiger charge is -2.09. The van der Waals surface area contributed by atoms with Gasteiger partial charge in [0.05, 0.1) is 11.4 Å². The Morgan fingerprint density at radius 2 is 2.14 bits per heavy atom. The van der Waals surface area contributed by atoms with Crippen LogP contribution in [-0.2, 0) is 0 Å². The highest BCUT2D eigenvalue weighted by Gasteiger charge is 2.30. The summed E-state index contributed by atoms with van der Waals surface area (Å²) in [6, 6.07) is 7.14. The average molecular weight is 317 g/mol. The van der Waals surface area contributed by atoms with Crippen LogP contribution in [0.4, 0.5) is 10.5 Å². The zero-order chi connectivity index (χ0) is 15.5. The van der Waals surface area contributed by atoms with Crippen LogP contribution in [0.25, 0.3) is 11.3 Å². The Labute approximate surface area is 133 Å². The lowest BCUT2D eigenvalue weighted by molar-refractivity contribution is 0.253. The molecule has 1 aliphatic carbocycles. The molecule has 1 aromatic carbocycles. The average Bonchev–Trinajstić information content (AvgIpc) is 3.28. The molecule has 22 heavy (non-hydrogen) atoms. The van der Waals surface area contributed by atoms with Gasteiger partial charge in [-0.3, -0.25) is 5.10 Å². The van der Waals surface area contributed by atoms with Gasteiger partial charge >= 0.3 is 6.03 Å². The summed E-state index contributed by atoms with van der Waals surface area (Å²) < 4.78 is 0. The first-order valence-corrected chi connectivity index (χ1v) is 7.56. The monoisotopic (exact) mass is 316 g/mol. The van der Waals surface area contributed by atoms with Gasteiger partial charge in [0.1, 0.15) is 5.69 Å². The van der Waals surface area contributed by atoms with Crippen molar-refractivity contribution in [2.24, 2.45) is 0 Å². The molecule has 2 aromatic rings. The SMILES string of the molecule is C=CCNC(=O)Nc1c(-c2ccc(Cl)cc2)n[nH]c1C1CC1. The third-order valence-electron chi connectivity index (χ3n) is 3.54. The molecular weight excluding hydrogens is 300 g/mol. The Morgan fingerprint density at radius 3 is 2.77 bits per heavy atom. The number of nitrogens with one attached hydrogen (secondary N) is 3. The van der Waals surface area contributed by atoms with Crippen molar-refractivity contribution in [1.82, 2.24) is 15.5 Å². The second-order valence-corrected chi connectivity index (χ2v) is 5.70. The van der Waals surface area contributed by atoms with Crippen LogP contribution in [0.3, 0.4) is 0 Å². The Balaban J connectivity index is 1.91. The lowest BCUT2D eigenvalue weighted by Crippen LogP contribution is -2.29. The summed E-state index contributed by atoms with van der Waals surface area (Å²) in [5.41, 5.74) is 3.36. The second-order valence-electron chi connectivity index (χ2n) is 5.27. The first kappa shape index (κ1) is 14.7. The van der Waals surface area contributed by atoms with Crippen LogP contribution in [0.1, 0.15) is 24.5 Å². The molecular formula is C16H17ClN4O. The van der Waals surface area contributed by atoms with E-state index >= 15 is 0 Å². The molecule has 1 heterocycles. The fourth-order valence-electron chi connectivity index (χ4n) is 2.29. The Hall–Kier alpha value is -2.27. The largest absolute Gasteiger partial charge is 0.334 e. The molecule has 1 fully saturated rings. The number of nitrogens with zero attached hydrogens (tertiary/aromatic N) is 1. The third-order valence-corrected chi connectivity index (χ3v) is 3.80. The number of rotatable bonds is 5. The Kier molecular flexibility index (Phi) is 4.15. The molecule has 0 radical (unpaired) electrons. The van der Waals surface area contributed by atoms with Gasteiger partial charge in [0.2, 0.25) is 0 Å². The third kappa shape index (κ3) is 3.14. The smallest absolute Gasteiger partial charge is 0.319 e. The van der Waals surface area contributed by atoms with Crippen LogP contribution < -0.4 is 10.6 Å². The number of aromatic amines is 1. The molecule has 0 unspecified atom stereocenters. The molecule has 1 saturated carbocycles. The normalized spacial score (nSPS) is 13.7. The van der Waals surface area contributed by atoms with Crippen molar-refractivity contribution in [3.05, 3.63) is 47.6 Å². The highest BCUT2D eigenvalue weighted by molar-refractivity contribution is 6.30. The number of aromatic nitrogens is 2. The van der Waals surface area contributed by atoms with Crippen molar-refractivity contribution in [3.63, 3.8) is 0 Å². The number of hydrogen-bond donors (Lipinski definition) is 3. The zero-order valence-corrected chi connectivity index (χ0v) is 12.8. The van der Waals surface area contributed by atoms with Gasteiger partial charge < -0.3 is 10.6 Å². The summed E-state index contributed by atoms with van der Waals surface area (Å²) in [7, 11) is 0. The van der Waals surface area contributed by atoms with Gasteiger partial charge in [-0.2, -0.15) is 5.10 Å². The minimum absolute atomic E-state index is 0.265. The summed E-state index contributed by atoms with van der Waals surface area (Å²) in [5.74, 6) is 0.447. The standard InChI is InChI=1S/C16H17ClN4O/c1-2-9-18-16(22)19-15-13(10-3-4-10)20-21-14(15)11-5-7-12(17)8-6-11/h2,5-8,10H,1,3-4,9H2,(H,20,21)(H2,18,19,22). The minimum Gasteiger partial charge on any atom is -0.334 e. The fraction of sp³-hybridized carbons (Fsp3) is 0.250. The number of anilines is 1. The molecule has 114 valence electrons. The van der Waals surface area contributed by atoms with Crippen LogP contribution in [0.2, 0.25) is 5.02 Å². The molecule has 1 aliphatic rings. The summed E-state index contributed by atoms with van der Waals surface area (Å²) in [6.45, 7) is 4.00. The molecule has 3 N–H and O–H groups in total. The number of hydrogen-bond acceptors (Lipinski definition) is 2. The summed E-state index contributed by atoms with van der Waals surface area (Å²) in [4.78, 5) is 12.0. The van der Waals surface area contributed by atoms with Gasteiger partial charge in [0.25, 0.3) is 0 Å². The quantitative estimate of drug-likeness (QED) is 0.732. The van der Waals surface area contributed by atoms with Crippen molar-refractivity contribution in [1.29, 1.82) is 0 Å². The van der Waals surface area contributed by atoms with E-state index in [2.05, 4.69) is 27.4 Å². The van der Waals surface area contributed by atoms with Crippen molar-refractivity contribution in [3.8, 4) is 11.3 Å². The van der Waals surface area contributed by atoms with Crippen LogP contribution in [0.15, 0.2) is 36.9 Å². The maximum atomic E-state index is 12.0. The van der Waals surface area contributed by atoms with E-state index < -0.39 is 0 Å². The highest BCUT2D eigenvalue weighted by Crippen LogP contribution is 2.45. The van der Waals surface area contributed by atoms with Gasteiger partial charge in [0, 0.05) is 23.0 Å². The predicted molar refractivity (Wildman–Crippen MR) is 88.2 cm³/mol. The van der Waals surface area contributed by atoms with Crippen LogP contribution >= 0.6 is 11.6 Å². The lowest BCUT2D eigenvalue weighted by atomic mass is 10.1. The Bertz CT molecular complexity index is 689. The van der Waals surface area contributed by atoms with E-state index in [9.17, 15) is 4.79 Å². The van der Waals surface area contributed by atoms with Gasteiger partial charge in [-0.25, -0.2) is 4.79 Å². The van der Waals surface area contributed by atoms with Gasteiger partial charge in [0.15, 0.2) is 0 Å². The molecule has 0 atom stereocenters.